The highest BCUT2D eigenvalue weighted by Crippen LogP contribution is 2.27. The van der Waals surface area contributed by atoms with Crippen LogP contribution in [0.3, 0.4) is 0 Å². The van der Waals surface area contributed by atoms with Gasteiger partial charge in [-0.1, -0.05) is 42.5 Å². The number of aromatic amines is 1. The van der Waals surface area contributed by atoms with Crippen LogP contribution in [0.2, 0.25) is 6.82 Å². The standard InChI is InChI=1S/C24H26BN5OS/c1-25(31)30-15-13-29(14-16-30)22-12-11-21-24(27-22)28-23(26-21)19-7-9-20(10-8-19)32-17-18-5-3-2-4-6-18/h2-12,31H,13-17H2,1H3,(H,26,27,28). The molecule has 0 bridgehead atoms. The number of nitrogens with zero attached hydrogens (tertiary/aromatic N) is 4. The van der Waals surface area contributed by atoms with E-state index in [1.54, 1.807) is 0 Å². The predicted molar refractivity (Wildman–Crippen MR) is 133 cm³/mol. The molecule has 4 aromatic rings. The molecule has 32 heavy (non-hydrogen) atoms. The van der Waals surface area contributed by atoms with Crippen molar-refractivity contribution in [3.05, 3.63) is 72.3 Å². The number of imidazole rings is 1. The number of H-pyrrole nitrogens is 1. The molecule has 5 rings (SSSR count). The Morgan fingerprint density at radius 3 is 2.41 bits per heavy atom. The third kappa shape index (κ3) is 4.67. The van der Waals surface area contributed by atoms with Crippen molar-refractivity contribution in [2.45, 2.75) is 17.5 Å². The molecule has 2 aromatic carbocycles. The molecule has 8 heteroatoms. The van der Waals surface area contributed by atoms with E-state index >= 15 is 0 Å². The summed E-state index contributed by atoms with van der Waals surface area (Å²) >= 11 is 1.83. The Morgan fingerprint density at radius 1 is 0.938 bits per heavy atom. The normalized spacial score (nSPS) is 14.8. The second-order valence-electron chi connectivity index (χ2n) is 8.08. The van der Waals surface area contributed by atoms with Gasteiger partial charge in [-0.2, -0.15) is 0 Å². The zero-order chi connectivity index (χ0) is 21.9. The predicted octanol–water partition coefficient (Wildman–Crippen LogP) is 4.15. The number of fused-ring (bicyclic) bond motifs is 1. The smallest absolute Gasteiger partial charge is 0.376 e. The van der Waals surface area contributed by atoms with Crippen molar-refractivity contribution in [1.82, 2.24) is 19.8 Å². The number of thioether (sulfide) groups is 1. The fourth-order valence-electron chi connectivity index (χ4n) is 3.97. The zero-order valence-electron chi connectivity index (χ0n) is 18.1. The van der Waals surface area contributed by atoms with Gasteiger partial charge in [-0.15, -0.1) is 11.8 Å². The van der Waals surface area contributed by atoms with Gasteiger partial charge < -0.3 is 19.7 Å². The SMILES string of the molecule is CB(O)N1CCN(c2ccc3nc(-c4ccc(SCc5ccccc5)cc4)[nH]c3n2)CC1. The number of hydrogen-bond acceptors (Lipinski definition) is 6. The molecule has 0 saturated carbocycles. The fraction of sp³-hybridized carbons (Fsp3) is 0.250. The molecule has 0 amide bonds. The number of benzene rings is 2. The van der Waals surface area contributed by atoms with Gasteiger partial charge >= 0.3 is 7.05 Å². The van der Waals surface area contributed by atoms with Crippen LogP contribution in [0.5, 0.6) is 0 Å². The molecular weight excluding hydrogens is 417 g/mol. The molecule has 1 aliphatic heterocycles. The van der Waals surface area contributed by atoms with E-state index in [-0.39, 0.29) is 0 Å². The number of aromatic nitrogens is 3. The summed E-state index contributed by atoms with van der Waals surface area (Å²) in [6.45, 7) is 5.19. The lowest BCUT2D eigenvalue weighted by Crippen LogP contribution is -2.51. The fourth-order valence-corrected chi connectivity index (χ4v) is 4.83. The van der Waals surface area contributed by atoms with Gasteiger partial charge in [-0.05, 0) is 36.7 Å². The van der Waals surface area contributed by atoms with Crippen molar-refractivity contribution in [2.24, 2.45) is 0 Å². The first-order valence-electron chi connectivity index (χ1n) is 11.0. The van der Waals surface area contributed by atoms with Gasteiger partial charge in [0.1, 0.15) is 17.2 Å². The van der Waals surface area contributed by atoms with E-state index in [0.29, 0.717) is 0 Å². The van der Waals surface area contributed by atoms with Crippen molar-refractivity contribution in [3.63, 3.8) is 0 Å². The van der Waals surface area contributed by atoms with E-state index in [4.69, 9.17) is 9.97 Å². The highest BCUT2D eigenvalue weighted by atomic mass is 32.2. The molecule has 1 saturated heterocycles. The summed E-state index contributed by atoms with van der Waals surface area (Å²) in [5.74, 6) is 2.75. The first kappa shape index (κ1) is 21.1. The minimum absolute atomic E-state index is 0.397. The summed E-state index contributed by atoms with van der Waals surface area (Å²) < 4.78 is 0. The molecule has 0 spiro atoms. The van der Waals surface area contributed by atoms with Crippen LogP contribution < -0.4 is 4.90 Å². The van der Waals surface area contributed by atoms with E-state index in [1.807, 2.05) is 36.8 Å². The Morgan fingerprint density at radius 2 is 1.69 bits per heavy atom. The number of piperazine rings is 1. The molecular formula is C24H26BN5OS. The summed E-state index contributed by atoms with van der Waals surface area (Å²) in [7, 11) is -0.397. The van der Waals surface area contributed by atoms with E-state index in [9.17, 15) is 5.02 Å². The van der Waals surface area contributed by atoms with Crippen molar-refractivity contribution < 1.29 is 5.02 Å². The molecule has 0 atom stereocenters. The Bertz CT molecular complexity index is 1170. The van der Waals surface area contributed by atoms with Crippen LogP contribution in [0.1, 0.15) is 5.56 Å². The van der Waals surface area contributed by atoms with Crippen molar-refractivity contribution in [3.8, 4) is 11.4 Å². The number of hydrogen-bond donors (Lipinski definition) is 2. The van der Waals surface area contributed by atoms with Gasteiger partial charge in [-0.25, -0.2) is 9.97 Å². The van der Waals surface area contributed by atoms with Gasteiger partial charge in [0.05, 0.1) is 0 Å². The quantitative estimate of drug-likeness (QED) is 0.345. The first-order valence-corrected chi connectivity index (χ1v) is 12.0. The largest absolute Gasteiger partial charge is 0.437 e. The van der Waals surface area contributed by atoms with Crippen molar-refractivity contribution in [2.75, 3.05) is 31.1 Å². The highest BCUT2D eigenvalue weighted by molar-refractivity contribution is 7.98. The summed E-state index contributed by atoms with van der Waals surface area (Å²) in [6, 6.07) is 23.1. The zero-order valence-corrected chi connectivity index (χ0v) is 18.9. The lowest BCUT2D eigenvalue weighted by Gasteiger charge is -2.35. The summed E-state index contributed by atoms with van der Waals surface area (Å²) in [6.07, 6.45) is 0. The van der Waals surface area contributed by atoms with E-state index in [0.717, 1.165) is 60.3 Å². The molecule has 6 nitrogen and oxygen atoms in total. The molecule has 2 N–H and O–H groups in total. The van der Waals surface area contributed by atoms with Crippen molar-refractivity contribution in [1.29, 1.82) is 0 Å². The van der Waals surface area contributed by atoms with Crippen LogP contribution in [0.25, 0.3) is 22.6 Å². The Kier molecular flexibility index (Phi) is 6.16. The van der Waals surface area contributed by atoms with Gasteiger partial charge in [0.15, 0.2) is 5.65 Å². The van der Waals surface area contributed by atoms with Gasteiger partial charge in [0, 0.05) is 42.4 Å². The summed E-state index contributed by atoms with van der Waals surface area (Å²) in [5.41, 5.74) is 4.05. The maximum atomic E-state index is 9.76. The third-order valence-electron chi connectivity index (χ3n) is 5.87. The van der Waals surface area contributed by atoms with E-state index in [1.165, 1.54) is 10.5 Å². The lowest BCUT2D eigenvalue weighted by atomic mass is 9.84. The van der Waals surface area contributed by atoms with Crippen LogP contribution in [0.4, 0.5) is 5.82 Å². The topological polar surface area (TPSA) is 68.3 Å². The molecule has 162 valence electrons. The minimum atomic E-state index is -0.397. The highest BCUT2D eigenvalue weighted by Gasteiger charge is 2.23. The molecule has 2 aromatic heterocycles. The third-order valence-corrected chi connectivity index (χ3v) is 6.95. The second-order valence-corrected chi connectivity index (χ2v) is 9.12. The molecule has 1 aliphatic rings. The maximum Gasteiger partial charge on any atom is 0.376 e. The average Bonchev–Trinajstić information content (AvgIpc) is 3.27. The Hall–Kier alpha value is -2.81. The molecule has 0 radical (unpaired) electrons. The molecule has 0 unspecified atom stereocenters. The van der Waals surface area contributed by atoms with Crippen LogP contribution in [0, 0.1) is 0 Å². The molecule has 1 fully saturated rings. The monoisotopic (exact) mass is 443 g/mol. The van der Waals surface area contributed by atoms with E-state index in [2.05, 4.69) is 63.2 Å². The number of anilines is 1. The second kappa shape index (κ2) is 9.36. The van der Waals surface area contributed by atoms with Crippen LogP contribution in [-0.4, -0.2) is 58.0 Å². The van der Waals surface area contributed by atoms with Gasteiger partial charge in [0.25, 0.3) is 0 Å². The van der Waals surface area contributed by atoms with Crippen LogP contribution in [0.15, 0.2) is 71.6 Å². The summed E-state index contributed by atoms with van der Waals surface area (Å²) in [5, 5.41) is 9.76. The van der Waals surface area contributed by atoms with E-state index < -0.39 is 7.05 Å². The van der Waals surface area contributed by atoms with Crippen molar-refractivity contribution >= 4 is 35.8 Å². The van der Waals surface area contributed by atoms with Gasteiger partial charge in [0.2, 0.25) is 0 Å². The number of rotatable bonds is 6. The summed E-state index contributed by atoms with van der Waals surface area (Å²) in [4.78, 5) is 18.5. The Labute approximate surface area is 192 Å². The number of nitrogens with one attached hydrogen (secondary N) is 1. The Balaban J connectivity index is 1.27. The average molecular weight is 443 g/mol. The maximum absolute atomic E-state index is 9.76. The molecule has 0 aliphatic carbocycles. The van der Waals surface area contributed by atoms with Crippen LogP contribution >= 0.6 is 11.8 Å². The molecule has 3 heterocycles. The minimum Gasteiger partial charge on any atom is -0.437 e. The number of pyridine rings is 1. The lowest BCUT2D eigenvalue weighted by molar-refractivity contribution is 0.344. The first-order chi connectivity index (χ1) is 15.7. The van der Waals surface area contributed by atoms with Gasteiger partial charge in [-0.3, -0.25) is 0 Å². The van der Waals surface area contributed by atoms with Crippen LogP contribution in [-0.2, 0) is 5.75 Å².